The van der Waals surface area contributed by atoms with Gasteiger partial charge in [-0.1, -0.05) is 13.0 Å². The SMILES string of the molecule is CC(CO)C(C)NCc1cccnc1. The summed E-state index contributed by atoms with van der Waals surface area (Å²) in [5.41, 5.74) is 1.17. The highest BCUT2D eigenvalue weighted by Crippen LogP contribution is 2.02. The lowest BCUT2D eigenvalue weighted by Gasteiger charge is -2.19. The summed E-state index contributed by atoms with van der Waals surface area (Å²) in [7, 11) is 0. The van der Waals surface area contributed by atoms with Crippen LogP contribution in [0.25, 0.3) is 0 Å². The topological polar surface area (TPSA) is 45.1 Å². The van der Waals surface area contributed by atoms with Crippen molar-refractivity contribution in [3.8, 4) is 0 Å². The summed E-state index contributed by atoms with van der Waals surface area (Å²) >= 11 is 0. The van der Waals surface area contributed by atoms with E-state index < -0.39 is 0 Å². The molecule has 0 amide bonds. The van der Waals surface area contributed by atoms with E-state index in [1.165, 1.54) is 5.56 Å². The predicted octanol–water partition coefficient (Wildman–Crippen LogP) is 1.19. The molecule has 14 heavy (non-hydrogen) atoms. The first-order valence-electron chi connectivity index (χ1n) is 4.97. The summed E-state index contributed by atoms with van der Waals surface area (Å²) in [5, 5.41) is 12.3. The van der Waals surface area contributed by atoms with Gasteiger partial charge in [-0.25, -0.2) is 0 Å². The monoisotopic (exact) mass is 194 g/mol. The van der Waals surface area contributed by atoms with Gasteiger partial charge in [0.15, 0.2) is 0 Å². The Labute approximate surface area is 85.2 Å². The van der Waals surface area contributed by atoms with Crippen molar-refractivity contribution in [3.05, 3.63) is 30.1 Å². The van der Waals surface area contributed by atoms with Crippen LogP contribution in [-0.4, -0.2) is 22.7 Å². The summed E-state index contributed by atoms with van der Waals surface area (Å²) in [6, 6.07) is 4.29. The fourth-order valence-corrected chi connectivity index (χ4v) is 1.14. The predicted molar refractivity (Wildman–Crippen MR) is 56.8 cm³/mol. The largest absolute Gasteiger partial charge is 0.396 e. The molecule has 3 nitrogen and oxygen atoms in total. The highest BCUT2D eigenvalue weighted by molar-refractivity contribution is 5.07. The molecule has 0 aliphatic heterocycles. The molecule has 78 valence electrons. The van der Waals surface area contributed by atoms with Crippen LogP contribution in [0.4, 0.5) is 0 Å². The summed E-state index contributed by atoms with van der Waals surface area (Å²) < 4.78 is 0. The fraction of sp³-hybridized carbons (Fsp3) is 0.545. The van der Waals surface area contributed by atoms with Crippen molar-refractivity contribution in [2.24, 2.45) is 5.92 Å². The molecule has 0 spiro atoms. The smallest absolute Gasteiger partial charge is 0.0471 e. The van der Waals surface area contributed by atoms with Gasteiger partial charge in [0.05, 0.1) is 0 Å². The lowest BCUT2D eigenvalue weighted by atomic mass is 10.1. The molecule has 1 heterocycles. The van der Waals surface area contributed by atoms with Crippen molar-refractivity contribution >= 4 is 0 Å². The van der Waals surface area contributed by atoms with Gasteiger partial charge in [0.1, 0.15) is 0 Å². The number of nitrogens with one attached hydrogen (secondary N) is 1. The van der Waals surface area contributed by atoms with Crippen LogP contribution in [-0.2, 0) is 6.54 Å². The zero-order valence-corrected chi connectivity index (χ0v) is 8.77. The Balaban J connectivity index is 2.34. The van der Waals surface area contributed by atoms with Gasteiger partial charge < -0.3 is 10.4 Å². The minimum atomic E-state index is 0.223. The van der Waals surface area contributed by atoms with Gasteiger partial charge in [-0.3, -0.25) is 4.98 Å². The molecule has 2 atom stereocenters. The van der Waals surface area contributed by atoms with E-state index in [-0.39, 0.29) is 12.5 Å². The number of hydrogen-bond acceptors (Lipinski definition) is 3. The summed E-state index contributed by atoms with van der Waals surface area (Å²) in [5.74, 6) is 0.284. The Hall–Kier alpha value is -0.930. The summed E-state index contributed by atoms with van der Waals surface area (Å²) in [6.45, 7) is 5.14. The number of hydrogen-bond donors (Lipinski definition) is 2. The second kappa shape index (κ2) is 5.73. The van der Waals surface area contributed by atoms with Crippen LogP contribution in [0.15, 0.2) is 24.5 Å². The third-order valence-corrected chi connectivity index (χ3v) is 2.49. The second-order valence-electron chi connectivity index (χ2n) is 3.69. The minimum Gasteiger partial charge on any atom is -0.396 e. The van der Waals surface area contributed by atoms with Gasteiger partial charge >= 0.3 is 0 Å². The Morgan fingerprint density at radius 3 is 2.86 bits per heavy atom. The molecule has 2 N–H and O–H groups in total. The van der Waals surface area contributed by atoms with Gasteiger partial charge in [-0.2, -0.15) is 0 Å². The van der Waals surface area contributed by atoms with Gasteiger partial charge in [0, 0.05) is 31.6 Å². The summed E-state index contributed by atoms with van der Waals surface area (Å²) in [6.07, 6.45) is 3.62. The molecular weight excluding hydrogens is 176 g/mol. The minimum absolute atomic E-state index is 0.223. The number of rotatable bonds is 5. The first kappa shape index (κ1) is 11.1. The molecule has 0 aromatic carbocycles. The first-order valence-corrected chi connectivity index (χ1v) is 4.97. The normalized spacial score (nSPS) is 15.1. The highest BCUT2D eigenvalue weighted by Gasteiger charge is 2.09. The van der Waals surface area contributed by atoms with E-state index in [0.717, 1.165) is 6.54 Å². The molecule has 1 aromatic heterocycles. The Bertz CT molecular complexity index is 251. The number of pyridine rings is 1. The molecule has 3 heteroatoms. The third-order valence-electron chi connectivity index (χ3n) is 2.49. The van der Waals surface area contributed by atoms with Gasteiger partial charge in [0.2, 0.25) is 0 Å². The molecule has 0 saturated carbocycles. The Morgan fingerprint density at radius 2 is 2.29 bits per heavy atom. The maximum absolute atomic E-state index is 8.95. The molecular formula is C11H18N2O. The molecule has 0 saturated heterocycles. The number of aromatic nitrogens is 1. The van der Waals surface area contributed by atoms with E-state index in [9.17, 15) is 0 Å². The van der Waals surface area contributed by atoms with Crippen molar-refractivity contribution < 1.29 is 5.11 Å². The average molecular weight is 194 g/mol. The molecule has 2 unspecified atom stereocenters. The maximum atomic E-state index is 8.95. The van der Waals surface area contributed by atoms with Gasteiger partial charge in [0.25, 0.3) is 0 Å². The Kier molecular flexibility index (Phi) is 4.56. The van der Waals surface area contributed by atoms with Crippen molar-refractivity contribution in [1.29, 1.82) is 0 Å². The lowest BCUT2D eigenvalue weighted by molar-refractivity contribution is 0.207. The third kappa shape index (κ3) is 3.44. The van der Waals surface area contributed by atoms with E-state index in [4.69, 9.17) is 5.11 Å². The summed E-state index contributed by atoms with van der Waals surface area (Å²) in [4.78, 5) is 4.04. The molecule has 0 aliphatic rings. The van der Waals surface area contributed by atoms with Crippen molar-refractivity contribution in [1.82, 2.24) is 10.3 Å². The molecule has 1 rings (SSSR count). The van der Waals surface area contributed by atoms with E-state index in [1.807, 2.05) is 25.3 Å². The van der Waals surface area contributed by atoms with E-state index in [2.05, 4.69) is 17.2 Å². The van der Waals surface area contributed by atoms with Crippen LogP contribution < -0.4 is 5.32 Å². The number of aliphatic hydroxyl groups is 1. The van der Waals surface area contributed by atoms with Crippen LogP contribution in [0.1, 0.15) is 19.4 Å². The average Bonchev–Trinajstić information content (AvgIpc) is 2.26. The van der Waals surface area contributed by atoms with Crippen molar-refractivity contribution in [2.45, 2.75) is 26.4 Å². The second-order valence-corrected chi connectivity index (χ2v) is 3.69. The van der Waals surface area contributed by atoms with Crippen LogP contribution in [0.2, 0.25) is 0 Å². The molecule has 0 fully saturated rings. The number of nitrogens with zero attached hydrogens (tertiary/aromatic N) is 1. The van der Waals surface area contributed by atoms with Crippen LogP contribution >= 0.6 is 0 Å². The molecule has 0 aliphatic carbocycles. The molecule has 0 radical (unpaired) electrons. The first-order chi connectivity index (χ1) is 6.74. The standard InChI is InChI=1S/C11H18N2O/c1-9(8-14)10(2)13-7-11-4-3-5-12-6-11/h3-6,9-10,13-14H,7-8H2,1-2H3. The number of aliphatic hydroxyl groups excluding tert-OH is 1. The van der Waals surface area contributed by atoms with Gasteiger partial charge in [-0.15, -0.1) is 0 Å². The van der Waals surface area contributed by atoms with Crippen LogP contribution in [0.3, 0.4) is 0 Å². The van der Waals surface area contributed by atoms with Crippen LogP contribution in [0, 0.1) is 5.92 Å². The molecule has 0 bridgehead atoms. The fourth-order valence-electron chi connectivity index (χ4n) is 1.14. The highest BCUT2D eigenvalue weighted by atomic mass is 16.3. The van der Waals surface area contributed by atoms with E-state index in [0.29, 0.717) is 6.04 Å². The molecule has 1 aromatic rings. The lowest BCUT2D eigenvalue weighted by Crippen LogP contribution is -2.33. The maximum Gasteiger partial charge on any atom is 0.0471 e. The zero-order valence-electron chi connectivity index (χ0n) is 8.77. The van der Waals surface area contributed by atoms with Gasteiger partial charge in [-0.05, 0) is 24.5 Å². The van der Waals surface area contributed by atoms with Crippen molar-refractivity contribution in [3.63, 3.8) is 0 Å². The van der Waals surface area contributed by atoms with E-state index in [1.54, 1.807) is 6.20 Å². The van der Waals surface area contributed by atoms with E-state index >= 15 is 0 Å². The van der Waals surface area contributed by atoms with Crippen LogP contribution in [0.5, 0.6) is 0 Å². The Morgan fingerprint density at radius 1 is 1.50 bits per heavy atom. The quantitative estimate of drug-likeness (QED) is 0.740. The van der Waals surface area contributed by atoms with Crippen molar-refractivity contribution in [2.75, 3.05) is 6.61 Å². The zero-order chi connectivity index (χ0) is 10.4.